The molecule has 1 aliphatic rings. The number of nitrogens with zero attached hydrogens (tertiary/aromatic N) is 3. The topological polar surface area (TPSA) is 187 Å². The van der Waals surface area contributed by atoms with Gasteiger partial charge in [0.2, 0.25) is 0 Å². The third-order valence-electron chi connectivity index (χ3n) is 4.18. The molecule has 0 aliphatic carbocycles. The Labute approximate surface area is 148 Å². The van der Waals surface area contributed by atoms with Crippen LogP contribution in [-0.2, 0) is 20.0 Å². The lowest BCUT2D eigenvalue weighted by Gasteiger charge is -2.27. The zero-order valence-electron chi connectivity index (χ0n) is 14.3. The number of nitriles is 1. The van der Waals surface area contributed by atoms with E-state index in [2.05, 4.69) is 4.98 Å². The SMILES string of the molecule is CC(C)[C@H](N)C(=O)OC1C(O)[C@](C#N)(n2ccc(N)nc2=O)O[C@@H]1CO. The average molecular weight is 367 g/mol. The lowest BCUT2D eigenvalue weighted by molar-refractivity contribution is -0.159. The number of anilines is 1. The predicted octanol–water partition coefficient (Wildman–Crippen LogP) is -2.35. The zero-order chi connectivity index (χ0) is 19.6. The molecular formula is C15H21N5O6. The van der Waals surface area contributed by atoms with E-state index in [-0.39, 0.29) is 11.7 Å². The molecule has 1 fully saturated rings. The summed E-state index contributed by atoms with van der Waals surface area (Å²) < 4.78 is 11.3. The van der Waals surface area contributed by atoms with E-state index in [4.69, 9.17) is 20.9 Å². The van der Waals surface area contributed by atoms with Crippen molar-refractivity contribution in [3.8, 4) is 6.07 Å². The van der Waals surface area contributed by atoms with Crippen molar-refractivity contribution in [1.82, 2.24) is 9.55 Å². The van der Waals surface area contributed by atoms with Gasteiger partial charge in [0.1, 0.15) is 24.0 Å². The Balaban J connectivity index is 2.41. The van der Waals surface area contributed by atoms with E-state index in [0.717, 1.165) is 10.8 Å². The number of esters is 1. The van der Waals surface area contributed by atoms with Gasteiger partial charge in [-0.1, -0.05) is 13.8 Å². The molecule has 26 heavy (non-hydrogen) atoms. The van der Waals surface area contributed by atoms with Crippen LogP contribution in [0.1, 0.15) is 13.8 Å². The van der Waals surface area contributed by atoms with E-state index >= 15 is 0 Å². The molecule has 5 atom stereocenters. The molecule has 0 spiro atoms. The summed E-state index contributed by atoms with van der Waals surface area (Å²) in [5, 5.41) is 29.7. The maximum absolute atomic E-state index is 12.1. The lowest BCUT2D eigenvalue weighted by Crippen LogP contribution is -2.51. The summed E-state index contributed by atoms with van der Waals surface area (Å²) in [4.78, 5) is 27.7. The molecule has 2 rings (SSSR count). The number of aliphatic hydroxyl groups excluding tert-OH is 2. The molecule has 0 radical (unpaired) electrons. The minimum absolute atomic E-state index is 0.0866. The number of nitrogens with two attached hydrogens (primary N) is 2. The molecule has 0 bridgehead atoms. The second-order valence-corrected chi connectivity index (χ2v) is 6.27. The molecule has 1 saturated heterocycles. The van der Waals surface area contributed by atoms with Gasteiger partial charge in [-0.05, 0) is 12.0 Å². The number of aromatic nitrogens is 2. The molecule has 0 aromatic carbocycles. The predicted molar refractivity (Wildman–Crippen MR) is 87.2 cm³/mol. The summed E-state index contributed by atoms with van der Waals surface area (Å²) in [6.07, 6.45) is -3.33. The summed E-state index contributed by atoms with van der Waals surface area (Å²) >= 11 is 0. The van der Waals surface area contributed by atoms with Crippen molar-refractivity contribution in [2.45, 2.75) is 43.9 Å². The first-order valence-electron chi connectivity index (χ1n) is 7.87. The number of aliphatic hydroxyl groups is 2. The highest BCUT2D eigenvalue weighted by atomic mass is 16.6. The van der Waals surface area contributed by atoms with Crippen molar-refractivity contribution >= 4 is 11.8 Å². The summed E-state index contributed by atoms with van der Waals surface area (Å²) in [7, 11) is 0. The number of ether oxygens (including phenoxy) is 2. The van der Waals surface area contributed by atoms with Gasteiger partial charge in [0.05, 0.1) is 6.61 Å². The molecular weight excluding hydrogens is 346 g/mol. The van der Waals surface area contributed by atoms with E-state index in [1.165, 1.54) is 6.07 Å². The van der Waals surface area contributed by atoms with Crippen LogP contribution < -0.4 is 17.2 Å². The fourth-order valence-electron chi connectivity index (χ4n) is 2.57. The quantitative estimate of drug-likeness (QED) is 0.410. The Morgan fingerprint density at radius 1 is 1.62 bits per heavy atom. The van der Waals surface area contributed by atoms with Gasteiger partial charge in [-0.3, -0.25) is 9.36 Å². The molecule has 0 amide bonds. The zero-order valence-corrected chi connectivity index (χ0v) is 14.3. The number of hydrogen-bond donors (Lipinski definition) is 4. The molecule has 11 heteroatoms. The van der Waals surface area contributed by atoms with Crippen LogP contribution in [0.15, 0.2) is 17.1 Å². The number of carbonyl (C=O) groups is 1. The summed E-state index contributed by atoms with van der Waals surface area (Å²) in [5.41, 5.74) is 7.94. The third kappa shape index (κ3) is 3.27. The van der Waals surface area contributed by atoms with Gasteiger partial charge in [-0.15, -0.1) is 0 Å². The van der Waals surface area contributed by atoms with Crippen molar-refractivity contribution in [3.05, 3.63) is 22.7 Å². The Hall–Kier alpha value is -2.52. The van der Waals surface area contributed by atoms with E-state index in [1.807, 2.05) is 0 Å². The van der Waals surface area contributed by atoms with Crippen molar-refractivity contribution in [3.63, 3.8) is 0 Å². The van der Waals surface area contributed by atoms with Crippen LogP contribution in [0.2, 0.25) is 0 Å². The van der Waals surface area contributed by atoms with Gasteiger partial charge in [0.25, 0.3) is 5.72 Å². The third-order valence-corrected chi connectivity index (χ3v) is 4.18. The molecule has 0 saturated carbocycles. The second-order valence-electron chi connectivity index (χ2n) is 6.27. The van der Waals surface area contributed by atoms with Crippen molar-refractivity contribution in [1.29, 1.82) is 5.26 Å². The highest BCUT2D eigenvalue weighted by Gasteiger charge is 2.59. The van der Waals surface area contributed by atoms with Crippen LogP contribution in [0.25, 0.3) is 0 Å². The monoisotopic (exact) mass is 367 g/mol. The van der Waals surface area contributed by atoms with Crippen LogP contribution >= 0.6 is 0 Å². The summed E-state index contributed by atoms with van der Waals surface area (Å²) in [6, 6.07) is 1.96. The van der Waals surface area contributed by atoms with Crippen molar-refractivity contribution in [2.75, 3.05) is 12.3 Å². The van der Waals surface area contributed by atoms with Gasteiger partial charge in [0.15, 0.2) is 12.2 Å². The van der Waals surface area contributed by atoms with Gasteiger partial charge >= 0.3 is 11.7 Å². The molecule has 1 aromatic rings. The summed E-state index contributed by atoms with van der Waals surface area (Å²) in [5.74, 6) is -1.15. The highest BCUT2D eigenvalue weighted by molar-refractivity contribution is 5.76. The smallest absolute Gasteiger partial charge is 0.352 e. The fourth-order valence-corrected chi connectivity index (χ4v) is 2.57. The molecule has 1 aliphatic heterocycles. The van der Waals surface area contributed by atoms with E-state index in [9.17, 15) is 25.1 Å². The van der Waals surface area contributed by atoms with Crippen LogP contribution in [0.3, 0.4) is 0 Å². The van der Waals surface area contributed by atoms with E-state index in [0.29, 0.717) is 0 Å². The Bertz CT molecular complexity index is 775. The number of carbonyl (C=O) groups excluding carboxylic acids is 1. The minimum atomic E-state index is -2.25. The number of rotatable bonds is 5. The highest BCUT2D eigenvalue weighted by Crippen LogP contribution is 2.36. The molecule has 11 nitrogen and oxygen atoms in total. The Morgan fingerprint density at radius 3 is 2.77 bits per heavy atom. The van der Waals surface area contributed by atoms with Gasteiger partial charge in [-0.2, -0.15) is 10.2 Å². The van der Waals surface area contributed by atoms with Gasteiger partial charge in [-0.25, -0.2) is 4.79 Å². The molecule has 2 heterocycles. The Morgan fingerprint density at radius 2 is 2.27 bits per heavy atom. The van der Waals surface area contributed by atoms with Gasteiger partial charge in [0, 0.05) is 6.20 Å². The molecule has 1 aromatic heterocycles. The number of nitrogen functional groups attached to an aromatic ring is 1. The first kappa shape index (κ1) is 19.8. The van der Waals surface area contributed by atoms with Crippen molar-refractivity contribution in [2.24, 2.45) is 11.7 Å². The maximum atomic E-state index is 12.1. The largest absolute Gasteiger partial charge is 0.455 e. The minimum Gasteiger partial charge on any atom is -0.455 e. The first-order chi connectivity index (χ1) is 12.2. The fraction of sp³-hybridized carbons (Fsp3) is 0.600. The molecule has 142 valence electrons. The Kier molecular flexibility index (Phi) is 5.62. The van der Waals surface area contributed by atoms with Crippen LogP contribution in [-0.4, -0.2) is 56.7 Å². The van der Waals surface area contributed by atoms with Gasteiger partial charge < -0.3 is 31.2 Å². The normalized spacial score (nSPS) is 29.3. The van der Waals surface area contributed by atoms with Crippen LogP contribution in [0.4, 0.5) is 5.82 Å². The van der Waals surface area contributed by atoms with E-state index < -0.39 is 48.3 Å². The van der Waals surface area contributed by atoms with Crippen LogP contribution in [0, 0.1) is 17.2 Å². The molecule has 6 N–H and O–H groups in total. The maximum Gasteiger partial charge on any atom is 0.352 e. The summed E-state index contributed by atoms with van der Waals surface area (Å²) in [6.45, 7) is 2.74. The standard InChI is InChI=1S/C15H21N5O6/c1-7(2)10(18)13(23)25-11-8(5-21)26-15(6-16,12(11)22)20-4-3-9(17)19-14(20)24/h3-4,7-8,10-12,21-22H,5,18H2,1-2H3,(H2,17,19,24)/t8-,10+,11?,12?,15-/m1/s1. The molecule has 2 unspecified atom stereocenters. The lowest BCUT2D eigenvalue weighted by atomic mass is 10.0. The second kappa shape index (κ2) is 7.38. The first-order valence-corrected chi connectivity index (χ1v) is 7.87. The average Bonchev–Trinajstić information content (AvgIpc) is 2.87. The number of hydrogen-bond acceptors (Lipinski definition) is 10. The van der Waals surface area contributed by atoms with E-state index in [1.54, 1.807) is 19.9 Å². The van der Waals surface area contributed by atoms with Crippen LogP contribution in [0.5, 0.6) is 0 Å². The van der Waals surface area contributed by atoms with Crippen molar-refractivity contribution < 1.29 is 24.5 Å².